The molecule has 2 fully saturated rings. The largest absolute Gasteiger partial charge is 0.339 e. The van der Waals surface area contributed by atoms with E-state index in [1.165, 1.54) is 0 Å². The topological polar surface area (TPSA) is 58.4 Å². The van der Waals surface area contributed by atoms with Crippen molar-refractivity contribution in [2.45, 2.75) is 90.4 Å². The number of fused-ring (bicyclic) bond motifs is 1. The van der Waals surface area contributed by atoms with Gasteiger partial charge in [0.1, 0.15) is 12.4 Å². The molecule has 6 heteroatoms. The van der Waals surface area contributed by atoms with Gasteiger partial charge in [-0.15, -0.1) is 0 Å². The van der Waals surface area contributed by atoms with Crippen LogP contribution in [0.15, 0.2) is 24.3 Å². The normalized spacial score (nSPS) is 21.3. The fraction of sp³-hybridized carbons (Fsp3) is 0.625. The zero-order valence-corrected chi connectivity index (χ0v) is 18.7. The molecule has 2 aromatic rings. The van der Waals surface area contributed by atoms with E-state index in [0.717, 1.165) is 49.1 Å². The van der Waals surface area contributed by atoms with Crippen molar-refractivity contribution in [2.24, 2.45) is 0 Å². The van der Waals surface area contributed by atoms with E-state index in [1.807, 2.05) is 34.1 Å². The van der Waals surface area contributed by atoms with Gasteiger partial charge < -0.3 is 14.4 Å². The summed E-state index contributed by atoms with van der Waals surface area (Å²) in [5.41, 5.74) is 1.88. The Bertz CT molecular complexity index is 922. The number of hydrogen-bond donors (Lipinski definition) is 0. The Morgan fingerprint density at radius 2 is 1.83 bits per heavy atom. The van der Waals surface area contributed by atoms with E-state index in [2.05, 4.69) is 32.3 Å². The summed E-state index contributed by atoms with van der Waals surface area (Å²) in [5.74, 6) is 1.30. The molecule has 3 unspecified atom stereocenters. The Morgan fingerprint density at radius 1 is 1.17 bits per heavy atom. The molecule has 1 saturated heterocycles. The Balaban J connectivity index is 1.67. The minimum atomic E-state index is 0.0546. The SMILES string of the molecule is CCC(C)N(C(=O)Cn1c(C2CC(=O)N(C3CC3)C2)nc2ccccc21)C(C)CC. The smallest absolute Gasteiger partial charge is 0.243 e. The maximum absolute atomic E-state index is 13.5. The highest BCUT2D eigenvalue weighted by Crippen LogP contribution is 2.37. The van der Waals surface area contributed by atoms with Gasteiger partial charge in [0.15, 0.2) is 0 Å². The highest BCUT2D eigenvalue weighted by Gasteiger charge is 2.41. The number of para-hydroxylation sites is 2. The van der Waals surface area contributed by atoms with Gasteiger partial charge in [0.2, 0.25) is 11.8 Å². The van der Waals surface area contributed by atoms with Crippen LogP contribution in [0.4, 0.5) is 0 Å². The van der Waals surface area contributed by atoms with Crippen molar-refractivity contribution >= 4 is 22.8 Å². The van der Waals surface area contributed by atoms with Gasteiger partial charge in [-0.2, -0.15) is 0 Å². The summed E-state index contributed by atoms with van der Waals surface area (Å²) >= 11 is 0. The Kier molecular flexibility index (Phi) is 5.85. The summed E-state index contributed by atoms with van der Waals surface area (Å²) < 4.78 is 2.07. The van der Waals surface area contributed by atoms with E-state index < -0.39 is 0 Å². The third-order valence-corrected chi connectivity index (χ3v) is 6.91. The summed E-state index contributed by atoms with van der Waals surface area (Å²) in [4.78, 5) is 35.0. The van der Waals surface area contributed by atoms with Crippen molar-refractivity contribution in [1.82, 2.24) is 19.4 Å². The van der Waals surface area contributed by atoms with E-state index in [1.54, 1.807) is 0 Å². The molecule has 1 aliphatic heterocycles. The van der Waals surface area contributed by atoms with Crippen LogP contribution in [-0.2, 0) is 16.1 Å². The van der Waals surface area contributed by atoms with Crippen molar-refractivity contribution in [3.63, 3.8) is 0 Å². The van der Waals surface area contributed by atoms with Gasteiger partial charge in [0.05, 0.1) is 11.0 Å². The van der Waals surface area contributed by atoms with Crippen LogP contribution in [0, 0.1) is 0 Å². The number of nitrogens with zero attached hydrogens (tertiary/aromatic N) is 4. The van der Waals surface area contributed by atoms with Gasteiger partial charge >= 0.3 is 0 Å². The van der Waals surface area contributed by atoms with Gasteiger partial charge in [0, 0.05) is 37.0 Å². The summed E-state index contributed by atoms with van der Waals surface area (Å²) in [5, 5.41) is 0. The maximum Gasteiger partial charge on any atom is 0.243 e. The van der Waals surface area contributed by atoms with E-state index in [9.17, 15) is 9.59 Å². The molecule has 0 N–H and O–H groups in total. The van der Waals surface area contributed by atoms with Crippen LogP contribution in [0.5, 0.6) is 0 Å². The standard InChI is InChI=1S/C24H34N4O2/c1-5-16(3)28(17(4)6-2)23(30)15-27-21-10-8-7-9-20(21)25-24(27)18-13-22(29)26(14-18)19-11-12-19/h7-10,16-19H,5-6,11-15H2,1-4H3. The molecule has 2 heterocycles. The summed E-state index contributed by atoms with van der Waals surface area (Å²) in [6, 6.07) is 8.82. The molecule has 0 bridgehead atoms. The first kappa shape index (κ1) is 20.9. The number of carbonyl (C=O) groups is 2. The molecule has 1 saturated carbocycles. The molecule has 0 radical (unpaired) electrons. The third-order valence-electron chi connectivity index (χ3n) is 6.91. The minimum absolute atomic E-state index is 0.0546. The average Bonchev–Trinajstić information content (AvgIpc) is 3.42. The molecule has 1 aromatic heterocycles. The molecule has 3 atom stereocenters. The van der Waals surface area contributed by atoms with E-state index in [0.29, 0.717) is 12.5 Å². The van der Waals surface area contributed by atoms with Gasteiger partial charge in [-0.25, -0.2) is 4.98 Å². The zero-order valence-electron chi connectivity index (χ0n) is 18.7. The highest BCUT2D eigenvalue weighted by molar-refractivity contribution is 5.83. The van der Waals surface area contributed by atoms with Crippen LogP contribution >= 0.6 is 0 Å². The van der Waals surface area contributed by atoms with Crippen molar-refractivity contribution in [3.05, 3.63) is 30.1 Å². The molecule has 30 heavy (non-hydrogen) atoms. The lowest BCUT2D eigenvalue weighted by atomic mass is 10.1. The van der Waals surface area contributed by atoms with Crippen molar-refractivity contribution in [2.75, 3.05) is 6.54 Å². The lowest BCUT2D eigenvalue weighted by Gasteiger charge is -2.34. The molecule has 2 aliphatic rings. The van der Waals surface area contributed by atoms with Crippen molar-refractivity contribution in [3.8, 4) is 0 Å². The van der Waals surface area contributed by atoms with Crippen molar-refractivity contribution in [1.29, 1.82) is 0 Å². The number of rotatable bonds is 8. The summed E-state index contributed by atoms with van der Waals surface area (Å²) in [7, 11) is 0. The first-order chi connectivity index (χ1) is 14.4. The molecule has 2 amide bonds. The second kappa shape index (κ2) is 8.40. The lowest BCUT2D eigenvalue weighted by Crippen LogP contribution is -2.46. The van der Waals surface area contributed by atoms with Crippen LogP contribution in [-0.4, -0.2) is 55.8 Å². The van der Waals surface area contributed by atoms with Gasteiger partial charge in [-0.05, 0) is 51.7 Å². The van der Waals surface area contributed by atoms with E-state index >= 15 is 0 Å². The van der Waals surface area contributed by atoms with Gasteiger partial charge in [0.25, 0.3) is 0 Å². The molecule has 0 spiro atoms. The maximum atomic E-state index is 13.5. The van der Waals surface area contributed by atoms with E-state index in [4.69, 9.17) is 4.98 Å². The molecule has 162 valence electrons. The van der Waals surface area contributed by atoms with Crippen LogP contribution < -0.4 is 0 Å². The van der Waals surface area contributed by atoms with E-state index in [-0.39, 0.29) is 36.4 Å². The number of likely N-dealkylation sites (tertiary alicyclic amines) is 1. The summed E-state index contributed by atoms with van der Waals surface area (Å²) in [6.07, 6.45) is 4.59. The van der Waals surface area contributed by atoms with Crippen LogP contribution in [0.2, 0.25) is 0 Å². The molecule has 4 rings (SSSR count). The molecular weight excluding hydrogens is 376 g/mol. The number of amides is 2. The van der Waals surface area contributed by atoms with Crippen LogP contribution in [0.25, 0.3) is 11.0 Å². The van der Waals surface area contributed by atoms with Gasteiger partial charge in [-0.1, -0.05) is 26.0 Å². The van der Waals surface area contributed by atoms with Crippen molar-refractivity contribution < 1.29 is 9.59 Å². The van der Waals surface area contributed by atoms with Crippen LogP contribution in [0.3, 0.4) is 0 Å². The second-order valence-electron chi connectivity index (χ2n) is 9.04. The molecule has 1 aromatic carbocycles. The van der Waals surface area contributed by atoms with Crippen LogP contribution in [0.1, 0.15) is 71.5 Å². The molecular formula is C24H34N4O2. The Morgan fingerprint density at radius 3 is 2.47 bits per heavy atom. The lowest BCUT2D eigenvalue weighted by molar-refractivity contribution is -0.136. The third kappa shape index (κ3) is 3.84. The predicted molar refractivity (Wildman–Crippen MR) is 118 cm³/mol. The number of aromatic nitrogens is 2. The first-order valence-electron chi connectivity index (χ1n) is 11.5. The summed E-state index contributed by atoms with van der Waals surface area (Å²) in [6.45, 7) is 9.50. The highest BCUT2D eigenvalue weighted by atomic mass is 16.2. The zero-order chi connectivity index (χ0) is 21.4. The quantitative estimate of drug-likeness (QED) is 0.662. The first-order valence-corrected chi connectivity index (χ1v) is 11.5. The number of hydrogen-bond acceptors (Lipinski definition) is 3. The number of imidazole rings is 1. The second-order valence-corrected chi connectivity index (χ2v) is 9.04. The monoisotopic (exact) mass is 410 g/mol. The molecule has 1 aliphatic carbocycles. The fourth-order valence-electron chi connectivity index (χ4n) is 4.75. The number of benzene rings is 1. The number of carbonyl (C=O) groups excluding carboxylic acids is 2. The average molecular weight is 411 g/mol. The molecule has 6 nitrogen and oxygen atoms in total. The minimum Gasteiger partial charge on any atom is -0.339 e. The van der Waals surface area contributed by atoms with Gasteiger partial charge in [-0.3, -0.25) is 9.59 Å². The Labute approximate surface area is 179 Å². The fourth-order valence-corrected chi connectivity index (χ4v) is 4.75. The predicted octanol–water partition coefficient (Wildman–Crippen LogP) is 3.94. The Hall–Kier alpha value is -2.37.